The van der Waals surface area contributed by atoms with Gasteiger partial charge in [0.05, 0.1) is 17.6 Å². The third kappa shape index (κ3) is 3.46. The van der Waals surface area contributed by atoms with E-state index in [0.29, 0.717) is 12.1 Å². The van der Waals surface area contributed by atoms with Crippen LogP contribution < -0.4 is 5.32 Å². The second-order valence-electron chi connectivity index (χ2n) is 7.15. The summed E-state index contributed by atoms with van der Waals surface area (Å²) >= 11 is 0. The van der Waals surface area contributed by atoms with E-state index in [9.17, 15) is 18.0 Å². The maximum Gasteiger partial charge on any atom is 0.416 e. The average Bonchev–Trinajstić information content (AvgIpc) is 3.21. The largest absolute Gasteiger partial charge is 0.416 e. The molecule has 3 nitrogen and oxygen atoms in total. The Morgan fingerprint density at radius 1 is 1.07 bits per heavy atom. The Morgan fingerprint density at radius 3 is 2.48 bits per heavy atom. The van der Waals surface area contributed by atoms with Crippen LogP contribution in [0.25, 0.3) is 0 Å². The Morgan fingerprint density at radius 2 is 1.81 bits per heavy atom. The first-order valence-corrected chi connectivity index (χ1v) is 9.24. The lowest BCUT2D eigenvalue weighted by Gasteiger charge is -2.39. The van der Waals surface area contributed by atoms with E-state index in [0.717, 1.165) is 49.1 Å². The van der Waals surface area contributed by atoms with Gasteiger partial charge >= 0.3 is 6.18 Å². The average molecular weight is 374 g/mol. The van der Waals surface area contributed by atoms with Crippen LogP contribution in [0.5, 0.6) is 0 Å². The monoisotopic (exact) mass is 374 g/mol. The topological polar surface area (TPSA) is 32.3 Å². The summed E-state index contributed by atoms with van der Waals surface area (Å²) < 4.78 is 38.8. The van der Waals surface area contributed by atoms with E-state index in [1.54, 1.807) is 0 Å². The first kappa shape index (κ1) is 18.0. The summed E-state index contributed by atoms with van der Waals surface area (Å²) in [5.74, 6) is 0.0342. The zero-order valence-corrected chi connectivity index (χ0v) is 14.8. The van der Waals surface area contributed by atoms with Crippen molar-refractivity contribution in [3.63, 3.8) is 0 Å². The van der Waals surface area contributed by atoms with Crippen molar-refractivity contribution >= 4 is 5.91 Å². The number of nitrogens with zero attached hydrogens (tertiary/aromatic N) is 1. The van der Waals surface area contributed by atoms with Crippen LogP contribution in [0.15, 0.2) is 48.5 Å². The minimum absolute atomic E-state index is 0.0342. The number of carbonyl (C=O) groups excluding carboxylic acids is 1. The predicted molar refractivity (Wildman–Crippen MR) is 96.2 cm³/mol. The van der Waals surface area contributed by atoms with E-state index in [1.165, 1.54) is 12.1 Å². The van der Waals surface area contributed by atoms with E-state index in [2.05, 4.69) is 5.32 Å². The number of hydrogen-bond donors (Lipinski definition) is 1. The van der Waals surface area contributed by atoms with Crippen molar-refractivity contribution in [3.8, 4) is 0 Å². The summed E-state index contributed by atoms with van der Waals surface area (Å²) in [6, 6.07) is 12.5. The second kappa shape index (κ2) is 7.00. The van der Waals surface area contributed by atoms with E-state index in [4.69, 9.17) is 0 Å². The van der Waals surface area contributed by atoms with Crippen LogP contribution in [0, 0.1) is 0 Å². The Labute approximate surface area is 156 Å². The molecule has 0 bridgehead atoms. The van der Waals surface area contributed by atoms with Crippen molar-refractivity contribution in [2.75, 3.05) is 13.1 Å². The molecule has 4 rings (SSSR count). The molecular formula is C21H21F3N2O. The van der Waals surface area contributed by atoms with Gasteiger partial charge in [0.1, 0.15) is 0 Å². The van der Waals surface area contributed by atoms with Crippen LogP contribution in [-0.4, -0.2) is 29.9 Å². The molecule has 1 N–H and O–H groups in total. The smallest absolute Gasteiger partial charge is 0.330 e. The molecule has 2 heterocycles. The summed E-state index contributed by atoms with van der Waals surface area (Å²) in [6.45, 7) is 1.39. The van der Waals surface area contributed by atoms with Gasteiger partial charge in [-0.3, -0.25) is 4.79 Å². The molecule has 1 fully saturated rings. The molecule has 0 aliphatic carbocycles. The Kier molecular flexibility index (Phi) is 4.68. The van der Waals surface area contributed by atoms with Gasteiger partial charge in [-0.1, -0.05) is 36.4 Å². The lowest BCUT2D eigenvalue weighted by molar-refractivity contribution is -0.138. The van der Waals surface area contributed by atoms with E-state index < -0.39 is 11.7 Å². The van der Waals surface area contributed by atoms with Gasteiger partial charge in [0.25, 0.3) is 0 Å². The Hall–Kier alpha value is -2.34. The molecule has 2 aliphatic rings. The lowest BCUT2D eigenvalue weighted by Crippen LogP contribution is -2.48. The zero-order chi connectivity index (χ0) is 19.0. The highest BCUT2D eigenvalue weighted by Gasteiger charge is 2.36. The fraction of sp³-hybridized carbons (Fsp3) is 0.381. The minimum atomic E-state index is -4.37. The predicted octanol–water partition coefficient (Wildman–Crippen LogP) is 3.93. The van der Waals surface area contributed by atoms with Crippen molar-refractivity contribution in [2.45, 2.75) is 37.5 Å². The molecule has 1 saturated heterocycles. The van der Waals surface area contributed by atoms with Crippen LogP contribution in [0.4, 0.5) is 13.2 Å². The summed E-state index contributed by atoms with van der Waals surface area (Å²) in [5.41, 5.74) is 2.17. The molecule has 0 aromatic heterocycles. The number of hydrogen-bond acceptors (Lipinski definition) is 2. The molecule has 1 amide bonds. The SMILES string of the molecule is O=C([C@@H]1CCCN1)N1CCc2ccccc2[C@H]1c1ccc(C(F)(F)F)cc1. The molecule has 0 unspecified atom stereocenters. The number of fused-ring (bicyclic) bond motifs is 1. The maximum atomic E-state index is 13.1. The molecular weight excluding hydrogens is 353 g/mol. The van der Waals surface area contributed by atoms with E-state index in [-0.39, 0.29) is 18.0 Å². The highest BCUT2D eigenvalue weighted by Crippen LogP contribution is 2.37. The molecule has 142 valence electrons. The molecule has 27 heavy (non-hydrogen) atoms. The minimum Gasteiger partial charge on any atom is -0.330 e. The number of alkyl halides is 3. The molecule has 2 atom stereocenters. The first-order valence-electron chi connectivity index (χ1n) is 9.24. The standard InChI is InChI=1S/C21H21F3N2O/c22-21(23,24)16-9-7-15(8-10-16)19-17-5-2-1-4-14(17)11-13-26(19)20(27)18-6-3-12-25-18/h1-2,4-5,7-10,18-19,25H,3,6,11-13H2/t18-,19+/m0/s1. The van der Waals surface area contributed by atoms with Gasteiger partial charge in [0.2, 0.25) is 5.91 Å². The maximum absolute atomic E-state index is 13.1. The molecule has 2 aliphatic heterocycles. The molecule has 0 radical (unpaired) electrons. The fourth-order valence-electron chi connectivity index (χ4n) is 4.11. The van der Waals surface area contributed by atoms with Gasteiger partial charge in [-0.05, 0) is 54.6 Å². The fourth-order valence-corrected chi connectivity index (χ4v) is 4.11. The summed E-state index contributed by atoms with van der Waals surface area (Å²) in [6.07, 6.45) is -1.85. The number of halogens is 3. The number of nitrogens with one attached hydrogen (secondary N) is 1. The number of rotatable bonds is 2. The van der Waals surface area contributed by atoms with Gasteiger partial charge in [0, 0.05) is 6.54 Å². The van der Waals surface area contributed by atoms with Gasteiger partial charge in [-0.2, -0.15) is 13.2 Å². The second-order valence-corrected chi connectivity index (χ2v) is 7.15. The van der Waals surface area contributed by atoms with Crippen molar-refractivity contribution in [1.29, 1.82) is 0 Å². The zero-order valence-electron chi connectivity index (χ0n) is 14.8. The normalized spacial score (nSPS) is 22.6. The van der Waals surface area contributed by atoms with Crippen LogP contribution in [0.1, 0.15) is 41.1 Å². The lowest BCUT2D eigenvalue weighted by atomic mass is 9.87. The van der Waals surface area contributed by atoms with Crippen LogP contribution in [0.2, 0.25) is 0 Å². The van der Waals surface area contributed by atoms with Gasteiger partial charge in [0.15, 0.2) is 0 Å². The Balaban J connectivity index is 1.73. The molecule has 2 aromatic rings. The summed E-state index contributed by atoms with van der Waals surface area (Å²) in [7, 11) is 0. The van der Waals surface area contributed by atoms with Crippen LogP contribution >= 0.6 is 0 Å². The number of carbonyl (C=O) groups is 1. The molecule has 0 spiro atoms. The van der Waals surface area contributed by atoms with Crippen LogP contribution in [-0.2, 0) is 17.4 Å². The van der Waals surface area contributed by atoms with Crippen LogP contribution in [0.3, 0.4) is 0 Å². The molecule has 2 aromatic carbocycles. The highest BCUT2D eigenvalue weighted by atomic mass is 19.4. The third-order valence-corrected chi connectivity index (χ3v) is 5.48. The number of benzene rings is 2. The van der Waals surface area contributed by atoms with Gasteiger partial charge in [-0.25, -0.2) is 0 Å². The highest BCUT2D eigenvalue weighted by molar-refractivity contribution is 5.83. The van der Waals surface area contributed by atoms with Gasteiger partial charge < -0.3 is 10.2 Å². The molecule has 0 saturated carbocycles. The van der Waals surface area contributed by atoms with Crippen molar-refractivity contribution in [1.82, 2.24) is 10.2 Å². The van der Waals surface area contributed by atoms with E-state index >= 15 is 0 Å². The Bertz CT molecular complexity index is 826. The summed E-state index contributed by atoms with van der Waals surface area (Å²) in [5, 5.41) is 3.24. The quantitative estimate of drug-likeness (QED) is 0.864. The third-order valence-electron chi connectivity index (χ3n) is 5.48. The van der Waals surface area contributed by atoms with Gasteiger partial charge in [-0.15, -0.1) is 0 Å². The number of amides is 1. The molecule has 6 heteroatoms. The van der Waals surface area contributed by atoms with Crippen molar-refractivity contribution < 1.29 is 18.0 Å². The van der Waals surface area contributed by atoms with Crippen molar-refractivity contribution in [2.24, 2.45) is 0 Å². The first-order chi connectivity index (χ1) is 12.9. The van der Waals surface area contributed by atoms with E-state index in [1.807, 2.05) is 29.2 Å². The van der Waals surface area contributed by atoms with Crippen molar-refractivity contribution in [3.05, 3.63) is 70.8 Å². The summed E-state index contributed by atoms with van der Waals surface area (Å²) in [4.78, 5) is 14.9.